The largest absolute Gasteiger partial charge is 0.476 e. The molecule has 0 saturated heterocycles. The lowest BCUT2D eigenvalue weighted by Gasteiger charge is -2.30. The second-order valence-corrected chi connectivity index (χ2v) is 6.20. The van der Waals surface area contributed by atoms with Crippen LogP contribution in [0.5, 0.6) is 0 Å². The summed E-state index contributed by atoms with van der Waals surface area (Å²) in [5.74, 6) is -1.65. The van der Waals surface area contributed by atoms with Gasteiger partial charge in [-0.2, -0.15) is 0 Å². The van der Waals surface area contributed by atoms with Crippen LogP contribution in [0.3, 0.4) is 0 Å². The molecule has 3 N–H and O–H groups in total. The van der Waals surface area contributed by atoms with Crippen molar-refractivity contribution in [1.82, 2.24) is 0 Å². The number of carbonyl (C=O) groups is 1. The third-order valence-electron chi connectivity index (χ3n) is 4.25. The summed E-state index contributed by atoms with van der Waals surface area (Å²) in [5, 5.41) is 10.8. The SMILES string of the molecule is NC(O)(C1=NCCO1)[C@H](Cc1ccccc1)C(=O)OCc1ccccc1. The molecular formula is C20H22N2O4. The Labute approximate surface area is 152 Å². The molecule has 2 aromatic rings. The van der Waals surface area contributed by atoms with Gasteiger partial charge in [0.2, 0.25) is 11.6 Å². The molecule has 1 aliphatic rings. The molecule has 6 heteroatoms. The second-order valence-electron chi connectivity index (χ2n) is 6.20. The molecule has 0 fully saturated rings. The Morgan fingerprint density at radius 1 is 1.15 bits per heavy atom. The monoisotopic (exact) mass is 354 g/mol. The Morgan fingerprint density at radius 3 is 2.35 bits per heavy atom. The van der Waals surface area contributed by atoms with Gasteiger partial charge >= 0.3 is 5.97 Å². The minimum absolute atomic E-state index is 0.0184. The molecule has 1 heterocycles. The molecule has 3 rings (SSSR count). The zero-order valence-electron chi connectivity index (χ0n) is 14.4. The van der Waals surface area contributed by atoms with Crippen molar-refractivity contribution in [3.63, 3.8) is 0 Å². The van der Waals surface area contributed by atoms with Gasteiger partial charge in [-0.05, 0) is 17.5 Å². The topological polar surface area (TPSA) is 94.1 Å². The Hall–Kier alpha value is -2.70. The standard InChI is InChI=1S/C20H22N2O4/c21-20(24,19-22-11-12-25-19)17(13-15-7-3-1-4-8-15)18(23)26-14-16-9-5-2-6-10-16/h1-10,17,24H,11-14,21H2/t17-,20?/m1/s1. The van der Waals surface area contributed by atoms with Gasteiger partial charge in [-0.1, -0.05) is 60.7 Å². The summed E-state index contributed by atoms with van der Waals surface area (Å²) in [6.45, 7) is 0.853. The maximum absolute atomic E-state index is 12.8. The first-order valence-corrected chi connectivity index (χ1v) is 8.51. The highest BCUT2D eigenvalue weighted by atomic mass is 16.5. The lowest BCUT2D eigenvalue weighted by atomic mass is 9.89. The average molecular weight is 354 g/mol. The number of esters is 1. The molecule has 26 heavy (non-hydrogen) atoms. The van der Waals surface area contributed by atoms with Gasteiger partial charge in [0.15, 0.2) is 0 Å². The number of aliphatic imine (C=N–C) groups is 1. The van der Waals surface area contributed by atoms with Gasteiger partial charge in [0.1, 0.15) is 19.1 Å². The average Bonchev–Trinajstić information content (AvgIpc) is 3.21. The third kappa shape index (κ3) is 4.28. The van der Waals surface area contributed by atoms with Crippen molar-refractivity contribution in [3.8, 4) is 0 Å². The maximum atomic E-state index is 12.8. The van der Waals surface area contributed by atoms with Crippen LogP contribution >= 0.6 is 0 Å². The van der Waals surface area contributed by atoms with Gasteiger partial charge in [0.05, 0.1) is 6.54 Å². The van der Waals surface area contributed by atoms with Crippen LogP contribution in [0.4, 0.5) is 0 Å². The highest BCUT2D eigenvalue weighted by molar-refractivity contribution is 5.91. The van der Waals surface area contributed by atoms with E-state index >= 15 is 0 Å². The van der Waals surface area contributed by atoms with Crippen molar-refractivity contribution >= 4 is 11.9 Å². The molecule has 1 aliphatic heterocycles. The zero-order valence-corrected chi connectivity index (χ0v) is 14.4. The van der Waals surface area contributed by atoms with Gasteiger partial charge in [-0.15, -0.1) is 0 Å². The number of carbonyl (C=O) groups excluding carboxylic acids is 1. The molecule has 2 aromatic carbocycles. The first-order chi connectivity index (χ1) is 12.6. The highest BCUT2D eigenvalue weighted by Gasteiger charge is 2.46. The Balaban J connectivity index is 1.78. The van der Waals surface area contributed by atoms with Crippen LogP contribution in [0.1, 0.15) is 11.1 Å². The predicted molar refractivity (Wildman–Crippen MR) is 97.3 cm³/mol. The van der Waals surface area contributed by atoms with Crippen molar-refractivity contribution in [3.05, 3.63) is 71.8 Å². The fourth-order valence-corrected chi connectivity index (χ4v) is 2.82. The minimum Gasteiger partial charge on any atom is -0.476 e. The van der Waals surface area contributed by atoms with Crippen molar-refractivity contribution < 1.29 is 19.4 Å². The summed E-state index contributed by atoms with van der Waals surface area (Å²) < 4.78 is 10.7. The molecular weight excluding hydrogens is 332 g/mol. The summed E-state index contributed by atoms with van der Waals surface area (Å²) in [4.78, 5) is 16.8. The van der Waals surface area contributed by atoms with E-state index in [9.17, 15) is 9.90 Å². The van der Waals surface area contributed by atoms with Crippen molar-refractivity contribution in [2.75, 3.05) is 13.2 Å². The lowest BCUT2D eigenvalue weighted by molar-refractivity contribution is -0.156. The van der Waals surface area contributed by atoms with Crippen LogP contribution in [-0.2, 0) is 27.3 Å². The van der Waals surface area contributed by atoms with Crippen LogP contribution in [0.15, 0.2) is 65.7 Å². The second kappa shape index (κ2) is 8.12. The van der Waals surface area contributed by atoms with Crippen molar-refractivity contribution in [1.29, 1.82) is 0 Å². The fraction of sp³-hybridized carbons (Fsp3) is 0.300. The highest BCUT2D eigenvalue weighted by Crippen LogP contribution is 2.24. The molecule has 0 saturated carbocycles. The molecule has 0 spiro atoms. The number of hydrogen-bond donors (Lipinski definition) is 2. The zero-order chi connectivity index (χ0) is 18.4. The normalized spacial score (nSPS) is 16.9. The van der Waals surface area contributed by atoms with E-state index in [1.807, 2.05) is 60.7 Å². The van der Waals surface area contributed by atoms with Crippen molar-refractivity contribution in [2.24, 2.45) is 16.6 Å². The molecule has 136 valence electrons. The van der Waals surface area contributed by atoms with E-state index in [2.05, 4.69) is 4.99 Å². The Bertz CT molecular complexity index is 760. The summed E-state index contributed by atoms with van der Waals surface area (Å²) >= 11 is 0. The van der Waals surface area contributed by atoms with E-state index < -0.39 is 17.6 Å². The van der Waals surface area contributed by atoms with E-state index in [1.165, 1.54) is 0 Å². The lowest BCUT2D eigenvalue weighted by Crippen LogP contribution is -2.58. The number of rotatable bonds is 7. The fourth-order valence-electron chi connectivity index (χ4n) is 2.82. The number of nitrogens with two attached hydrogens (primary N) is 1. The van der Waals surface area contributed by atoms with Crippen LogP contribution in [0.2, 0.25) is 0 Å². The summed E-state index contributed by atoms with van der Waals surface area (Å²) in [6.07, 6.45) is 0.212. The summed E-state index contributed by atoms with van der Waals surface area (Å²) in [5.41, 5.74) is 5.77. The van der Waals surface area contributed by atoms with E-state index in [4.69, 9.17) is 15.2 Å². The minimum atomic E-state index is -2.03. The van der Waals surface area contributed by atoms with Crippen LogP contribution in [0.25, 0.3) is 0 Å². The quantitative estimate of drug-likeness (QED) is 0.583. The van der Waals surface area contributed by atoms with Crippen LogP contribution < -0.4 is 5.73 Å². The Morgan fingerprint density at radius 2 is 1.77 bits per heavy atom. The van der Waals surface area contributed by atoms with Gasteiger partial charge in [-0.3, -0.25) is 10.5 Å². The van der Waals surface area contributed by atoms with Crippen molar-refractivity contribution in [2.45, 2.75) is 18.8 Å². The van der Waals surface area contributed by atoms with Gasteiger partial charge in [0.25, 0.3) is 0 Å². The first-order valence-electron chi connectivity index (χ1n) is 8.51. The molecule has 0 aliphatic carbocycles. The van der Waals surface area contributed by atoms with Gasteiger partial charge in [-0.25, -0.2) is 4.99 Å². The number of nitrogens with zero attached hydrogens (tertiary/aromatic N) is 1. The van der Waals surface area contributed by atoms with Gasteiger partial charge in [0, 0.05) is 0 Å². The van der Waals surface area contributed by atoms with E-state index in [0.29, 0.717) is 13.2 Å². The molecule has 0 amide bonds. The molecule has 2 atom stereocenters. The smallest absolute Gasteiger partial charge is 0.314 e. The van der Waals surface area contributed by atoms with E-state index in [-0.39, 0.29) is 18.9 Å². The van der Waals surface area contributed by atoms with Crippen LogP contribution in [-0.4, -0.2) is 35.9 Å². The Kier molecular flexibility index (Phi) is 5.65. The molecule has 1 unspecified atom stereocenters. The van der Waals surface area contributed by atoms with Crippen LogP contribution in [0, 0.1) is 5.92 Å². The summed E-state index contributed by atoms with van der Waals surface area (Å²) in [6, 6.07) is 18.7. The number of ether oxygens (including phenoxy) is 2. The maximum Gasteiger partial charge on any atom is 0.314 e. The van der Waals surface area contributed by atoms with E-state index in [1.54, 1.807) is 0 Å². The number of hydrogen-bond acceptors (Lipinski definition) is 6. The molecule has 6 nitrogen and oxygen atoms in total. The number of benzene rings is 2. The summed E-state index contributed by atoms with van der Waals surface area (Å²) in [7, 11) is 0. The molecule has 0 bridgehead atoms. The molecule has 0 aromatic heterocycles. The van der Waals surface area contributed by atoms with Gasteiger partial charge < -0.3 is 14.6 Å². The molecule has 0 radical (unpaired) electrons. The number of aliphatic hydroxyl groups is 1. The third-order valence-corrected chi connectivity index (χ3v) is 4.25. The predicted octanol–water partition coefficient (Wildman–Crippen LogP) is 1.66. The van der Waals surface area contributed by atoms with E-state index in [0.717, 1.165) is 11.1 Å². The first kappa shape index (κ1) is 18.1.